The molecule has 3 rings (SSSR count). The van der Waals surface area contributed by atoms with Crippen LogP contribution < -0.4 is 10.4 Å². The first kappa shape index (κ1) is 17.9. The molecule has 3 aromatic rings. The number of hydrogen-bond acceptors (Lipinski definition) is 5. The van der Waals surface area contributed by atoms with E-state index in [1.165, 1.54) is 30.4 Å². The summed E-state index contributed by atoms with van der Waals surface area (Å²) in [6.45, 7) is 0.268. The van der Waals surface area contributed by atoms with Crippen molar-refractivity contribution in [2.45, 2.75) is 0 Å². The van der Waals surface area contributed by atoms with Crippen molar-refractivity contribution in [3.8, 4) is 5.75 Å². The molecule has 0 unspecified atom stereocenters. The number of ether oxygens (including phenoxy) is 1. The van der Waals surface area contributed by atoms with Crippen molar-refractivity contribution in [3.63, 3.8) is 0 Å². The number of allylic oxidation sites excluding steroid dienone is 1. The van der Waals surface area contributed by atoms with Gasteiger partial charge in [0.15, 0.2) is 5.78 Å². The fourth-order valence-corrected chi connectivity index (χ4v) is 2.69. The highest BCUT2D eigenvalue weighted by Gasteiger charge is 2.12. The van der Waals surface area contributed by atoms with Crippen LogP contribution in [0.5, 0.6) is 5.75 Å². The fourth-order valence-electron chi connectivity index (χ4n) is 2.33. The van der Waals surface area contributed by atoms with Crippen molar-refractivity contribution in [2.75, 3.05) is 0 Å². The first-order valence-electron chi connectivity index (χ1n) is 7.33. The van der Waals surface area contributed by atoms with E-state index >= 15 is 0 Å². The van der Waals surface area contributed by atoms with Crippen LogP contribution in [0.1, 0.15) is 15.9 Å². The molecule has 130 valence electrons. The van der Waals surface area contributed by atoms with Crippen molar-refractivity contribution in [1.82, 2.24) is 0 Å². The second kappa shape index (κ2) is 7.56. The highest BCUT2D eigenvalue weighted by molar-refractivity contribution is 6.31. The monoisotopic (exact) mass is 388 g/mol. The summed E-state index contributed by atoms with van der Waals surface area (Å²) in [6.07, 6.45) is 2.57. The van der Waals surface area contributed by atoms with Crippen LogP contribution in [0, 0.1) is 0 Å². The van der Waals surface area contributed by atoms with E-state index in [0.29, 0.717) is 26.6 Å². The van der Waals surface area contributed by atoms with Gasteiger partial charge < -0.3 is 9.15 Å². The van der Waals surface area contributed by atoms with Crippen molar-refractivity contribution < 1.29 is 18.7 Å². The van der Waals surface area contributed by atoms with Crippen molar-refractivity contribution in [2.24, 2.45) is 0 Å². The van der Waals surface area contributed by atoms with Crippen LogP contribution in [0.15, 0.2) is 57.8 Å². The lowest BCUT2D eigenvalue weighted by Crippen LogP contribution is -2.11. The molecule has 7 heteroatoms. The van der Waals surface area contributed by atoms with Crippen LogP contribution >= 0.6 is 23.2 Å². The fraction of sp³-hybridized carbons (Fsp3) is 0. The highest BCUT2D eigenvalue weighted by atomic mass is 35.5. The van der Waals surface area contributed by atoms with Crippen LogP contribution in [0.4, 0.5) is 0 Å². The van der Waals surface area contributed by atoms with Crippen molar-refractivity contribution in [3.05, 3.63) is 80.1 Å². The van der Waals surface area contributed by atoms with Crippen LogP contribution in [-0.4, -0.2) is 12.3 Å². The standard InChI is InChI=1S/C19H10Cl2O5/c20-13-2-5-17(25-10-22)11(7-13)1-4-16(23)15-9-12-8-14(21)3-6-18(12)26-19(15)24/h1-10H/b4-1+. The normalized spacial score (nSPS) is 11.0. The summed E-state index contributed by atoms with van der Waals surface area (Å²) >= 11 is 11.8. The second-order valence-corrected chi connectivity index (χ2v) is 6.10. The zero-order chi connectivity index (χ0) is 18.7. The van der Waals surface area contributed by atoms with Gasteiger partial charge in [-0.15, -0.1) is 0 Å². The number of ketones is 1. The van der Waals surface area contributed by atoms with Crippen LogP contribution in [0.2, 0.25) is 10.0 Å². The Morgan fingerprint density at radius 3 is 2.54 bits per heavy atom. The molecule has 0 saturated heterocycles. The molecule has 0 saturated carbocycles. The van der Waals surface area contributed by atoms with Gasteiger partial charge in [-0.3, -0.25) is 9.59 Å². The van der Waals surface area contributed by atoms with Gasteiger partial charge in [0.25, 0.3) is 6.47 Å². The first-order valence-corrected chi connectivity index (χ1v) is 8.09. The molecule has 0 spiro atoms. The summed E-state index contributed by atoms with van der Waals surface area (Å²) in [5, 5.41) is 1.38. The number of carbonyl (C=O) groups excluding carboxylic acids is 2. The number of fused-ring (bicyclic) bond motifs is 1. The van der Waals surface area contributed by atoms with E-state index in [1.54, 1.807) is 24.3 Å². The van der Waals surface area contributed by atoms with Gasteiger partial charge in [0, 0.05) is 21.0 Å². The molecule has 0 amide bonds. The van der Waals surface area contributed by atoms with E-state index in [-0.39, 0.29) is 17.8 Å². The Balaban J connectivity index is 1.98. The van der Waals surface area contributed by atoms with Gasteiger partial charge in [-0.25, -0.2) is 4.79 Å². The van der Waals surface area contributed by atoms with E-state index in [1.807, 2.05) is 0 Å². The molecule has 5 nitrogen and oxygen atoms in total. The minimum Gasteiger partial charge on any atom is -0.428 e. The minimum absolute atomic E-state index is 0.143. The minimum atomic E-state index is -0.759. The van der Waals surface area contributed by atoms with E-state index in [2.05, 4.69) is 0 Å². The second-order valence-electron chi connectivity index (χ2n) is 5.22. The third-order valence-electron chi connectivity index (χ3n) is 3.52. The molecule has 26 heavy (non-hydrogen) atoms. The summed E-state index contributed by atoms with van der Waals surface area (Å²) in [6, 6.07) is 10.7. The molecule has 0 bridgehead atoms. The van der Waals surface area contributed by atoms with Crippen molar-refractivity contribution >= 4 is 52.5 Å². The molecule has 1 aromatic heterocycles. The van der Waals surface area contributed by atoms with E-state index in [9.17, 15) is 14.4 Å². The maximum Gasteiger partial charge on any atom is 0.347 e. The SMILES string of the molecule is O=COc1ccc(Cl)cc1/C=C/C(=O)c1cc2cc(Cl)ccc2oc1=O. The summed E-state index contributed by atoms with van der Waals surface area (Å²) in [5.41, 5.74) is -0.163. The average Bonchev–Trinajstić information content (AvgIpc) is 2.61. The zero-order valence-electron chi connectivity index (χ0n) is 13.1. The van der Waals surface area contributed by atoms with Crippen molar-refractivity contribution in [1.29, 1.82) is 0 Å². The van der Waals surface area contributed by atoms with Crippen LogP contribution in [0.25, 0.3) is 17.0 Å². The quantitative estimate of drug-likeness (QED) is 0.277. The van der Waals surface area contributed by atoms with Gasteiger partial charge in [-0.2, -0.15) is 0 Å². The average molecular weight is 389 g/mol. The molecular formula is C19H10Cl2O5. The lowest BCUT2D eigenvalue weighted by molar-refractivity contribution is -0.120. The molecule has 1 heterocycles. The van der Waals surface area contributed by atoms with Crippen LogP contribution in [0.3, 0.4) is 0 Å². The first-order chi connectivity index (χ1) is 12.5. The number of carbonyl (C=O) groups is 2. The maximum absolute atomic E-state index is 12.4. The van der Waals surface area contributed by atoms with E-state index in [4.69, 9.17) is 32.4 Å². The van der Waals surface area contributed by atoms with Gasteiger partial charge in [-0.05, 0) is 54.6 Å². The number of benzene rings is 2. The largest absolute Gasteiger partial charge is 0.428 e. The van der Waals surface area contributed by atoms with E-state index < -0.39 is 11.4 Å². The Hall–Kier alpha value is -2.89. The topological polar surface area (TPSA) is 73.6 Å². The molecule has 0 fully saturated rings. The number of hydrogen-bond donors (Lipinski definition) is 0. The number of halogens is 2. The Morgan fingerprint density at radius 1 is 1.04 bits per heavy atom. The van der Waals surface area contributed by atoms with E-state index in [0.717, 1.165) is 0 Å². The summed E-state index contributed by atoms with van der Waals surface area (Å²) in [5.74, 6) is -0.344. The summed E-state index contributed by atoms with van der Waals surface area (Å²) in [4.78, 5) is 35.0. The number of rotatable bonds is 5. The summed E-state index contributed by atoms with van der Waals surface area (Å²) < 4.78 is 9.97. The third-order valence-corrected chi connectivity index (χ3v) is 3.99. The van der Waals surface area contributed by atoms with Gasteiger partial charge in [0.05, 0.1) is 0 Å². The smallest absolute Gasteiger partial charge is 0.347 e. The Morgan fingerprint density at radius 2 is 1.77 bits per heavy atom. The third kappa shape index (κ3) is 3.85. The predicted molar refractivity (Wildman–Crippen MR) is 99.0 cm³/mol. The van der Waals surface area contributed by atoms with Gasteiger partial charge in [-0.1, -0.05) is 23.2 Å². The molecular weight excluding hydrogens is 379 g/mol. The highest BCUT2D eigenvalue weighted by Crippen LogP contribution is 2.24. The predicted octanol–water partition coefficient (Wildman–Crippen LogP) is 4.53. The Labute approximate surface area is 157 Å². The molecule has 0 atom stereocenters. The maximum atomic E-state index is 12.4. The Kier molecular flexibility index (Phi) is 5.21. The molecule has 0 radical (unpaired) electrons. The van der Waals surface area contributed by atoms with Gasteiger partial charge in [0.2, 0.25) is 0 Å². The molecule has 2 aromatic carbocycles. The van der Waals surface area contributed by atoms with Crippen LogP contribution in [-0.2, 0) is 4.79 Å². The Bertz CT molecular complexity index is 1100. The zero-order valence-corrected chi connectivity index (χ0v) is 14.6. The lowest BCUT2D eigenvalue weighted by Gasteiger charge is -2.03. The molecule has 0 N–H and O–H groups in total. The molecule has 0 aliphatic rings. The molecule has 0 aliphatic heterocycles. The lowest BCUT2D eigenvalue weighted by atomic mass is 10.1. The molecule has 0 aliphatic carbocycles. The summed E-state index contributed by atoms with van der Waals surface area (Å²) in [7, 11) is 0. The van der Waals surface area contributed by atoms with Gasteiger partial charge in [0.1, 0.15) is 16.9 Å². The van der Waals surface area contributed by atoms with Gasteiger partial charge >= 0.3 is 5.63 Å².